The van der Waals surface area contributed by atoms with Crippen molar-refractivity contribution in [3.05, 3.63) is 24.3 Å². The van der Waals surface area contributed by atoms with E-state index in [-0.39, 0.29) is 0 Å². The van der Waals surface area contributed by atoms with E-state index in [2.05, 4.69) is 0 Å². The molecular weight excluding hydrogens is 280 g/mol. The van der Waals surface area contributed by atoms with Crippen LogP contribution in [0.15, 0.2) is 24.3 Å². The Hall–Kier alpha value is -2.77. The van der Waals surface area contributed by atoms with Crippen molar-refractivity contribution in [2.45, 2.75) is 0 Å². The molecule has 8 nitrogen and oxygen atoms in total. The second-order valence-corrected chi connectivity index (χ2v) is 4.19. The van der Waals surface area contributed by atoms with Gasteiger partial charge in [0.15, 0.2) is 0 Å². The number of methoxy groups -OCH3 is 1. The predicted molar refractivity (Wildman–Crippen MR) is 73.6 cm³/mol. The fourth-order valence-electron chi connectivity index (χ4n) is 1.66. The Kier molecular flexibility index (Phi) is 5.53. The Morgan fingerprint density at radius 3 is 2.19 bits per heavy atom. The van der Waals surface area contributed by atoms with Gasteiger partial charge in [-0.15, -0.1) is 0 Å². The lowest BCUT2D eigenvalue weighted by atomic mass is 10.3. The second kappa shape index (κ2) is 7.13. The fraction of sp³-hybridized carbons (Fsp3) is 0.308. The van der Waals surface area contributed by atoms with Crippen LogP contribution in [0.2, 0.25) is 0 Å². The van der Waals surface area contributed by atoms with E-state index in [4.69, 9.17) is 14.9 Å². The molecule has 0 bridgehead atoms. The van der Waals surface area contributed by atoms with E-state index in [1.165, 1.54) is 14.2 Å². The number of rotatable bonds is 6. The van der Waals surface area contributed by atoms with Crippen molar-refractivity contribution < 1.29 is 29.3 Å². The van der Waals surface area contributed by atoms with Gasteiger partial charge in [-0.05, 0) is 12.1 Å². The van der Waals surface area contributed by atoms with Crippen LogP contribution in [0, 0.1) is 0 Å². The summed E-state index contributed by atoms with van der Waals surface area (Å²) in [7, 11) is 2.90. The standard InChI is InChI=1S/C13H16N2O6/c1-14(9-4-3-5-10(6-9)21-2)13(20)15(7-11(16)17)8-12(18)19/h3-6H,7-8H2,1-2H3,(H,16,17)(H,18,19). The lowest BCUT2D eigenvalue weighted by Gasteiger charge is -2.26. The highest BCUT2D eigenvalue weighted by atomic mass is 16.5. The minimum Gasteiger partial charge on any atom is -0.497 e. The number of urea groups is 1. The average molecular weight is 296 g/mol. The van der Waals surface area contributed by atoms with Gasteiger partial charge >= 0.3 is 18.0 Å². The molecule has 8 heteroatoms. The molecule has 1 aromatic rings. The third kappa shape index (κ3) is 4.68. The minimum absolute atomic E-state index is 0.458. The molecule has 0 spiro atoms. The first-order valence-electron chi connectivity index (χ1n) is 5.95. The number of benzene rings is 1. The third-order valence-corrected chi connectivity index (χ3v) is 2.65. The number of carbonyl (C=O) groups excluding carboxylic acids is 1. The number of carboxylic acid groups (broad SMARTS) is 2. The quantitative estimate of drug-likeness (QED) is 0.801. The molecule has 1 rings (SSSR count). The van der Waals surface area contributed by atoms with Crippen molar-refractivity contribution >= 4 is 23.7 Å². The van der Waals surface area contributed by atoms with Crippen molar-refractivity contribution in [3.8, 4) is 5.75 Å². The lowest BCUT2D eigenvalue weighted by Crippen LogP contribution is -2.46. The van der Waals surface area contributed by atoms with Gasteiger partial charge in [0.1, 0.15) is 18.8 Å². The summed E-state index contributed by atoms with van der Waals surface area (Å²) in [6.45, 7) is -1.39. The van der Waals surface area contributed by atoms with Crippen LogP contribution in [-0.2, 0) is 9.59 Å². The number of anilines is 1. The van der Waals surface area contributed by atoms with Crippen LogP contribution < -0.4 is 9.64 Å². The number of carbonyl (C=O) groups is 3. The van der Waals surface area contributed by atoms with E-state index in [9.17, 15) is 14.4 Å². The molecule has 2 amide bonds. The largest absolute Gasteiger partial charge is 0.497 e. The van der Waals surface area contributed by atoms with Crippen LogP contribution in [0.1, 0.15) is 0 Å². The summed E-state index contributed by atoms with van der Waals surface area (Å²) in [6.07, 6.45) is 0. The summed E-state index contributed by atoms with van der Waals surface area (Å²) in [4.78, 5) is 35.5. The molecule has 0 saturated heterocycles. The maximum absolute atomic E-state index is 12.2. The number of hydrogen-bond donors (Lipinski definition) is 2. The van der Waals surface area contributed by atoms with E-state index in [0.717, 1.165) is 9.80 Å². The first-order chi connectivity index (χ1) is 9.85. The average Bonchev–Trinajstić information content (AvgIpc) is 2.44. The summed E-state index contributed by atoms with van der Waals surface area (Å²) in [6, 6.07) is 5.83. The molecule has 1 aromatic carbocycles. The maximum Gasteiger partial charge on any atom is 0.325 e. The summed E-state index contributed by atoms with van der Waals surface area (Å²) in [5, 5.41) is 17.5. The number of ether oxygens (including phenoxy) is 1. The fourth-order valence-corrected chi connectivity index (χ4v) is 1.66. The number of aliphatic carboxylic acids is 2. The van der Waals surface area contributed by atoms with Gasteiger partial charge < -0.3 is 19.8 Å². The van der Waals surface area contributed by atoms with E-state index in [0.29, 0.717) is 11.4 Å². The molecule has 0 fully saturated rings. The van der Waals surface area contributed by atoms with Gasteiger partial charge in [-0.2, -0.15) is 0 Å². The molecule has 2 N–H and O–H groups in total. The molecule has 114 valence electrons. The highest BCUT2D eigenvalue weighted by Gasteiger charge is 2.23. The number of carboxylic acids is 2. The van der Waals surface area contributed by atoms with Gasteiger partial charge in [0, 0.05) is 18.8 Å². The number of hydrogen-bond acceptors (Lipinski definition) is 4. The topological polar surface area (TPSA) is 107 Å². The molecule has 0 radical (unpaired) electrons. The Morgan fingerprint density at radius 1 is 1.14 bits per heavy atom. The molecule has 0 heterocycles. The van der Waals surface area contributed by atoms with E-state index < -0.39 is 31.1 Å². The van der Waals surface area contributed by atoms with Crippen LogP contribution in [-0.4, -0.2) is 60.3 Å². The zero-order chi connectivity index (χ0) is 16.0. The summed E-state index contributed by atoms with van der Waals surface area (Å²) in [5.74, 6) is -2.05. The zero-order valence-electron chi connectivity index (χ0n) is 11.6. The van der Waals surface area contributed by atoms with E-state index in [1.807, 2.05) is 0 Å². The third-order valence-electron chi connectivity index (χ3n) is 2.65. The first kappa shape index (κ1) is 16.3. The molecule has 0 saturated carbocycles. The first-order valence-corrected chi connectivity index (χ1v) is 5.95. The van der Waals surface area contributed by atoms with E-state index in [1.54, 1.807) is 24.3 Å². The normalized spacial score (nSPS) is 9.81. The Balaban J connectivity index is 2.95. The van der Waals surface area contributed by atoms with Crippen LogP contribution in [0.4, 0.5) is 10.5 Å². The lowest BCUT2D eigenvalue weighted by molar-refractivity contribution is -0.140. The molecule has 0 aromatic heterocycles. The van der Waals surface area contributed by atoms with Crippen molar-refractivity contribution in [2.24, 2.45) is 0 Å². The summed E-state index contributed by atoms with van der Waals surface area (Å²) >= 11 is 0. The van der Waals surface area contributed by atoms with Gasteiger partial charge in [-0.1, -0.05) is 6.07 Å². The van der Waals surface area contributed by atoms with Crippen molar-refractivity contribution in [2.75, 3.05) is 32.1 Å². The minimum atomic E-state index is -1.29. The second-order valence-electron chi connectivity index (χ2n) is 4.19. The molecule has 0 aliphatic heterocycles. The molecule has 0 aliphatic carbocycles. The van der Waals surface area contributed by atoms with Crippen LogP contribution >= 0.6 is 0 Å². The number of nitrogens with zero attached hydrogens (tertiary/aromatic N) is 2. The molecule has 0 atom stereocenters. The van der Waals surface area contributed by atoms with Crippen LogP contribution in [0.25, 0.3) is 0 Å². The number of amides is 2. The molecule has 0 unspecified atom stereocenters. The summed E-state index contributed by atoms with van der Waals surface area (Å²) < 4.78 is 5.03. The monoisotopic (exact) mass is 296 g/mol. The molecular formula is C13H16N2O6. The van der Waals surface area contributed by atoms with Gasteiger partial charge in [0.25, 0.3) is 0 Å². The van der Waals surface area contributed by atoms with Gasteiger partial charge in [0.2, 0.25) is 0 Å². The molecule has 21 heavy (non-hydrogen) atoms. The van der Waals surface area contributed by atoms with Crippen molar-refractivity contribution in [1.29, 1.82) is 0 Å². The predicted octanol–water partition coefficient (Wildman–Crippen LogP) is 0.723. The SMILES string of the molecule is COc1cccc(N(C)C(=O)N(CC(=O)O)CC(=O)O)c1. The zero-order valence-corrected chi connectivity index (χ0v) is 11.6. The smallest absolute Gasteiger partial charge is 0.325 e. The maximum atomic E-state index is 12.2. The van der Waals surface area contributed by atoms with Crippen LogP contribution in [0.3, 0.4) is 0 Å². The van der Waals surface area contributed by atoms with Gasteiger partial charge in [-0.3, -0.25) is 14.5 Å². The Bertz CT molecular complexity index is 529. The van der Waals surface area contributed by atoms with Gasteiger partial charge in [-0.25, -0.2) is 4.79 Å². The van der Waals surface area contributed by atoms with Gasteiger partial charge in [0.05, 0.1) is 7.11 Å². The molecule has 0 aliphatic rings. The summed E-state index contributed by atoms with van der Waals surface area (Å²) in [5.41, 5.74) is 0.458. The van der Waals surface area contributed by atoms with Crippen molar-refractivity contribution in [3.63, 3.8) is 0 Å². The highest BCUT2D eigenvalue weighted by Crippen LogP contribution is 2.20. The highest BCUT2D eigenvalue weighted by molar-refractivity contribution is 5.95. The van der Waals surface area contributed by atoms with E-state index >= 15 is 0 Å². The van der Waals surface area contributed by atoms with Crippen molar-refractivity contribution in [1.82, 2.24) is 4.90 Å². The Labute approximate surface area is 121 Å². The Morgan fingerprint density at radius 2 is 1.71 bits per heavy atom. The van der Waals surface area contributed by atoms with Crippen LogP contribution in [0.5, 0.6) is 5.75 Å².